The zero-order chi connectivity index (χ0) is 16.6. The Hall–Kier alpha value is -1.29. The minimum absolute atomic E-state index is 0.116. The lowest BCUT2D eigenvalue weighted by Gasteiger charge is -2.39. The molecule has 2 saturated heterocycles. The summed E-state index contributed by atoms with van der Waals surface area (Å²) in [5.41, 5.74) is -0.116. The molecule has 4 rings (SSSR count). The number of halogens is 1. The Kier molecular flexibility index (Phi) is 4.42. The van der Waals surface area contributed by atoms with Crippen molar-refractivity contribution in [1.29, 1.82) is 0 Å². The lowest BCUT2D eigenvalue weighted by atomic mass is 9.77. The highest BCUT2D eigenvalue weighted by atomic mass is 35.5. The van der Waals surface area contributed by atoms with Crippen LogP contribution in [-0.4, -0.2) is 41.5 Å². The van der Waals surface area contributed by atoms with Gasteiger partial charge in [-0.25, -0.2) is 4.98 Å². The summed E-state index contributed by atoms with van der Waals surface area (Å²) in [6.07, 6.45) is 11.0. The van der Waals surface area contributed by atoms with Crippen molar-refractivity contribution in [3.8, 4) is 0 Å². The fourth-order valence-electron chi connectivity index (χ4n) is 4.81. The third-order valence-corrected chi connectivity index (χ3v) is 6.62. The lowest BCUT2D eigenvalue weighted by molar-refractivity contribution is -0.139. The van der Waals surface area contributed by atoms with Gasteiger partial charge in [0.15, 0.2) is 0 Å². The molecule has 0 N–H and O–H groups in total. The van der Waals surface area contributed by atoms with Gasteiger partial charge in [0.25, 0.3) is 0 Å². The van der Waals surface area contributed by atoms with Gasteiger partial charge in [-0.15, -0.1) is 0 Å². The Bertz CT molecular complexity index is 606. The molecule has 1 amide bonds. The van der Waals surface area contributed by atoms with Crippen LogP contribution in [0.25, 0.3) is 0 Å². The van der Waals surface area contributed by atoms with Crippen LogP contribution in [0.4, 0.5) is 5.82 Å². The van der Waals surface area contributed by atoms with Gasteiger partial charge in [0.05, 0.1) is 10.4 Å². The molecule has 1 saturated carbocycles. The first-order valence-corrected chi connectivity index (χ1v) is 9.74. The highest BCUT2D eigenvalue weighted by molar-refractivity contribution is 6.32. The van der Waals surface area contributed by atoms with Crippen molar-refractivity contribution in [3.05, 3.63) is 23.4 Å². The molecule has 0 aromatic carbocycles. The van der Waals surface area contributed by atoms with Crippen molar-refractivity contribution in [3.63, 3.8) is 0 Å². The number of anilines is 1. The summed E-state index contributed by atoms with van der Waals surface area (Å²) in [6, 6.07) is 4.26. The normalized spacial score (nSPS) is 24.8. The molecular weight excluding hydrogens is 322 g/mol. The van der Waals surface area contributed by atoms with E-state index in [1.807, 2.05) is 12.1 Å². The van der Waals surface area contributed by atoms with Gasteiger partial charge in [0.1, 0.15) is 5.82 Å². The Morgan fingerprint density at radius 1 is 1.08 bits per heavy atom. The second-order valence-corrected chi connectivity index (χ2v) is 8.02. The number of aromatic nitrogens is 1. The molecule has 0 atom stereocenters. The van der Waals surface area contributed by atoms with E-state index < -0.39 is 0 Å². The average Bonchev–Trinajstić information content (AvgIpc) is 2.94. The van der Waals surface area contributed by atoms with E-state index in [2.05, 4.69) is 14.8 Å². The number of amides is 1. The van der Waals surface area contributed by atoms with Gasteiger partial charge in [-0.1, -0.05) is 30.9 Å². The SMILES string of the molecule is O=C1N(C2CCCCC2)CCC12CCN(c1ncccc1Cl)CC2. The average molecular weight is 348 g/mol. The quantitative estimate of drug-likeness (QED) is 0.814. The van der Waals surface area contributed by atoms with Crippen LogP contribution < -0.4 is 4.90 Å². The molecule has 3 aliphatic rings. The maximum absolute atomic E-state index is 13.2. The summed E-state index contributed by atoms with van der Waals surface area (Å²) in [4.78, 5) is 22.0. The maximum Gasteiger partial charge on any atom is 0.229 e. The van der Waals surface area contributed by atoms with Gasteiger partial charge in [-0.05, 0) is 44.2 Å². The topological polar surface area (TPSA) is 36.4 Å². The molecule has 5 heteroatoms. The number of hydrogen-bond acceptors (Lipinski definition) is 3. The standard InChI is InChI=1S/C19H26ClN3O/c20-16-7-4-11-21-17(16)22-12-8-19(9-13-22)10-14-23(18(19)24)15-5-2-1-3-6-15/h4,7,11,15H,1-3,5-6,8-10,12-14H2. The van der Waals surface area contributed by atoms with Crippen molar-refractivity contribution in [2.75, 3.05) is 24.5 Å². The monoisotopic (exact) mass is 347 g/mol. The smallest absolute Gasteiger partial charge is 0.229 e. The molecule has 1 aromatic heterocycles. The second kappa shape index (κ2) is 6.55. The molecule has 3 fully saturated rings. The number of pyridine rings is 1. The molecule has 4 nitrogen and oxygen atoms in total. The zero-order valence-corrected chi connectivity index (χ0v) is 15.0. The molecule has 0 radical (unpaired) electrons. The molecule has 1 aliphatic carbocycles. The number of piperidine rings is 1. The van der Waals surface area contributed by atoms with Crippen molar-refractivity contribution >= 4 is 23.3 Å². The summed E-state index contributed by atoms with van der Waals surface area (Å²) in [5.74, 6) is 1.30. The van der Waals surface area contributed by atoms with Crippen LogP contribution in [0, 0.1) is 5.41 Å². The minimum atomic E-state index is -0.116. The van der Waals surface area contributed by atoms with Gasteiger partial charge in [-0.2, -0.15) is 0 Å². The van der Waals surface area contributed by atoms with Gasteiger partial charge in [0.2, 0.25) is 5.91 Å². The van der Waals surface area contributed by atoms with Crippen LogP contribution >= 0.6 is 11.6 Å². The minimum Gasteiger partial charge on any atom is -0.355 e. The van der Waals surface area contributed by atoms with E-state index in [-0.39, 0.29) is 5.41 Å². The Labute approximate surface area is 149 Å². The largest absolute Gasteiger partial charge is 0.355 e. The van der Waals surface area contributed by atoms with E-state index >= 15 is 0 Å². The van der Waals surface area contributed by atoms with Gasteiger partial charge in [-0.3, -0.25) is 4.79 Å². The predicted octanol–water partition coefficient (Wildman–Crippen LogP) is 3.89. The Balaban J connectivity index is 1.43. The van der Waals surface area contributed by atoms with Crippen LogP contribution in [0.5, 0.6) is 0 Å². The van der Waals surface area contributed by atoms with Crippen molar-refractivity contribution in [2.24, 2.45) is 5.41 Å². The molecule has 3 heterocycles. The molecule has 1 spiro atoms. The van der Waals surface area contributed by atoms with E-state index in [4.69, 9.17) is 11.6 Å². The molecule has 1 aromatic rings. The first kappa shape index (κ1) is 16.2. The predicted molar refractivity (Wildman–Crippen MR) is 96.3 cm³/mol. The van der Waals surface area contributed by atoms with Crippen LogP contribution in [0.15, 0.2) is 18.3 Å². The van der Waals surface area contributed by atoms with E-state index in [9.17, 15) is 4.79 Å². The summed E-state index contributed by atoms with van der Waals surface area (Å²) in [6.45, 7) is 2.72. The van der Waals surface area contributed by atoms with Gasteiger partial charge >= 0.3 is 0 Å². The molecule has 2 aliphatic heterocycles. The first-order valence-electron chi connectivity index (χ1n) is 9.36. The molecule has 0 unspecified atom stereocenters. The number of carbonyl (C=O) groups excluding carboxylic acids is 1. The van der Waals surface area contributed by atoms with Crippen molar-refractivity contribution in [2.45, 2.75) is 57.4 Å². The Morgan fingerprint density at radius 2 is 1.79 bits per heavy atom. The third-order valence-electron chi connectivity index (χ3n) is 6.32. The first-order chi connectivity index (χ1) is 11.7. The fourth-order valence-corrected chi connectivity index (χ4v) is 5.05. The van der Waals surface area contributed by atoms with Crippen molar-refractivity contribution < 1.29 is 4.79 Å². The Morgan fingerprint density at radius 3 is 2.50 bits per heavy atom. The van der Waals surface area contributed by atoms with Crippen LogP contribution in [0.2, 0.25) is 5.02 Å². The second-order valence-electron chi connectivity index (χ2n) is 7.62. The molecule has 130 valence electrons. The summed E-state index contributed by atoms with van der Waals surface area (Å²) in [7, 11) is 0. The van der Waals surface area contributed by atoms with E-state index in [0.29, 0.717) is 17.0 Å². The number of hydrogen-bond donors (Lipinski definition) is 0. The van der Waals surface area contributed by atoms with Crippen LogP contribution in [0.3, 0.4) is 0 Å². The van der Waals surface area contributed by atoms with Gasteiger partial charge < -0.3 is 9.80 Å². The summed E-state index contributed by atoms with van der Waals surface area (Å²) < 4.78 is 0. The fraction of sp³-hybridized carbons (Fsp3) is 0.684. The molecular formula is C19H26ClN3O. The number of nitrogens with zero attached hydrogens (tertiary/aromatic N) is 3. The lowest BCUT2D eigenvalue weighted by Crippen LogP contribution is -2.47. The summed E-state index contributed by atoms with van der Waals surface area (Å²) >= 11 is 6.28. The number of rotatable bonds is 2. The zero-order valence-electron chi connectivity index (χ0n) is 14.2. The van der Waals surface area contributed by atoms with Crippen molar-refractivity contribution in [1.82, 2.24) is 9.88 Å². The van der Waals surface area contributed by atoms with E-state index in [1.165, 1.54) is 32.1 Å². The molecule has 0 bridgehead atoms. The van der Waals surface area contributed by atoms with E-state index in [1.54, 1.807) is 6.20 Å². The summed E-state index contributed by atoms with van der Waals surface area (Å²) in [5, 5.41) is 0.704. The van der Waals surface area contributed by atoms with Gasteiger partial charge in [0, 0.05) is 31.9 Å². The number of likely N-dealkylation sites (tertiary alicyclic amines) is 1. The van der Waals surface area contributed by atoms with Crippen LogP contribution in [0.1, 0.15) is 51.4 Å². The number of carbonyl (C=O) groups is 1. The molecule has 24 heavy (non-hydrogen) atoms. The third kappa shape index (κ3) is 2.79. The highest BCUT2D eigenvalue weighted by Gasteiger charge is 2.49. The van der Waals surface area contributed by atoms with E-state index in [0.717, 1.165) is 44.7 Å². The van der Waals surface area contributed by atoms with Crippen LogP contribution in [-0.2, 0) is 4.79 Å². The highest BCUT2D eigenvalue weighted by Crippen LogP contribution is 2.44. The maximum atomic E-state index is 13.2.